The lowest BCUT2D eigenvalue weighted by atomic mass is 9.93. The summed E-state index contributed by atoms with van der Waals surface area (Å²) in [5, 5.41) is 7.50. The quantitative estimate of drug-likeness (QED) is 0.338. The van der Waals surface area contributed by atoms with Crippen LogP contribution in [-0.4, -0.2) is 22.5 Å². The number of alkyl halides is 3. The Morgan fingerprint density at radius 1 is 0.973 bits per heavy atom. The lowest BCUT2D eigenvalue weighted by Gasteiger charge is -2.13. The minimum atomic E-state index is -4.63. The summed E-state index contributed by atoms with van der Waals surface area (Å²) in [7, 11) is 0. The number of aryl methyl sites for hydroxylation is 1. The Balaban J connectivity index is 1.39. The molecule has 0 bridgehead atoms. The predicted molar refractivity (Wildman–Crippen MR) is 132 cm³/mol. The molecule has 2 amide bonds. The molecule has 0 fully saturated rings. The number of furan rings is 1. The first-order valence-corrected chi connectivity index (χ1v) is 11.6. The highest BCUT2D eigenvalue weighted by molar-refractivity contribution is 6.09. The van der Waals surface area contributed by atoms with Crippen LogP contribution < -0.4 is 10.7 Å². The van der Waals surface area contributed by atoms with Gasteiger partial charge in [0.15, 0.2) is 5.76 Å². The fraction of sp³-hybridized carbons (Fsp3) is 0.185. The van der Waals surface area contributed by atoms with Crippen molar-refractivity contribution in [2.24, 2.45) is 5.10 Å². The van der Waals surface area contributed by atoms with E-state index in [1.54, 1.807) is 25.1 Å². The molecule has 1 aliphatic carbocycles. The number of amides is 2. The number of hydrogen-bond donors (Lipinski definition) is 2. The van der Waals surface area contributed by atoms with E-state index in [-0.39, 0.29) is 17.1 Å². The number of pyridine rings is 1. The molecule has 5 rings (SSSR count). The van der Waals surface area contributed by atoms with Gasteiger partial charge < -0.3 is 9.73 Å². The number of nitrogens with one attached hydrogen (secondary N) is 2. The first-order chi connectivity index (χ1) is 17.7. The Labute approximate surface area is 209 Å². The van der Waals surface area contributed by atoms with Crippen molar-refractivity contribution in [1.82, 2.24) is 10.4 Å². The van der Waals surface area contributed by atoms with Crippen LogP contribution in [0.3, 0.4) is 0 Å². The van der Waals surface area contributed by atoms with Crippen molar-refractivity contribution >= 4 is 34.1 Å². The largest absolute Gasteiger partial charge is 0.455 e. The first kappa shape index (κ1) is 24.2. The van der Waals surface area contributed by atoms with Crippen molar-refractivity contribution in [3.63, 3.8) is 0 Å². The second-order valence-electron chi connectivity index (χ2n) is 8.59. The molecule has 2 aromatic heterocycles. The summed E-state index contributed by atoms with van der Waals surface area (Å²) in [4.78, 5) is 30.0. The maximum absolute atomic E-state index is 13.3. The lowest BCUT2D eigenvalue weighted by Crippen LogP contribution is -2.23. The number of rotatable bonds is 4. The summed E-state index contributed by atoms with van der Waals surface area (Å²) >= 11 is 0. The van der Waals surface area contributed by atoms with E-state index in [0.717, 1.165) is 11.5 Å². The number of halogens is 3. The number of benzene rings is 2. The molecule has 4 aromatic rings. The molecule has 188 valence electrons. The number of hydrazone groups is 1. The lowest BCUT2D eigenvalue weighted by molar-refractivity contribution is -0.136. The van der Waals surface area contributed by atoms with Gasteiger partial charge in [-0.05, 0) is 44.0 Å². The van der Waals surface area contributed by atoms with Gasteiger partial charge in [0.1, 0.15) is 11.5 Å². The van der Waals surface area contributed by atoms with Crippen molar-refractivity contribution in [2.75, 3.05) is 5.32 Å². The number of carbonyl (C=O) groups is 2. The van der Waals surface area contributed by atoms with Crippen molar-refractivity contribution in [3.8, 4) is 0 Å². The number of anilines is 1. The Hall–Kier alpha value is -4.47. The van der Waals surface area contributed by atoms with E-state index >= 15 is 0 Å². The number of carbonyl (C=O) groups excluding carboxylic acids is 2. The molecule has 10 heteroatoms. The van der Waals surface area contributed by atoms with Gasteiger partial charge in [-0.1, -0.05) is 36.4 Å². The van der Waals surface area contributed by atoms with Crippen LogP contribution in [0.2, 0.25) is 0 Å². The Kier molecular flexibility index (Phi) is 6.24. The van der Waals surface area contributed by atoms with Crippen LogP contribution in [-0.2, 0) is 12.6 Å². The topological polar surface area (TPSA) is 96.6 Å². The van der Waals surface area contributed by atoms with Gasteiger partial charge in [-0.25, -0.2) is 10.4 Å². The number of aromatic nitrogens is 1. The summed E-state index contributed by atoms with van der Waals surface area (Å²) < 4.78 is 45.8. The monoisotopic (exact) mass is 506 g/mol. The molecule has 2 aromatic carbocycles. The Morgan fingerprint density at radius 3 is 2.54 bits per heavy atom. The van der Waals surface area contributed by atoms with E-state index in [0.29, 0.717) is 47.4 Å². The zero-order valence-corrected chi connectivity index (χ0v) is 19.6. The van der Waals surface area contributed by atoms with Crippen LogP contribution in [0.25, 0.3) is 10.9 Å². The number of nitrogens with zero attached hydrogens (tertiary/aromatic N) is 2. The molecule has 0 spiro atoms. The van der Waals surface area contributed by atoms with Crippen molar-refractivity contribution < 1.29 is 27.2 Å². The molecular weight excluding hydrogens is 485 g/mol. The van der Waals surface area contributed by atoms with E-state index in [1.165, 1.54) is 18.2 Å². The van der Waals surface area contributed by atoms with Gasteiger partial charge in [0.05, 0.1) is 22.5 Å². The molecule has 1 aliphatic rings. The summed E-state index contributed by atoms with van der Waals surface area (Å²) in [5.41, 5.74) is 3.62. The van der Waals surface area contributed by atoms with E-state index in [1.807, 2.05) is 18.2 Å². The molecule has 2 N–H and O–H groups in total. The van der Waals surface area contributed by atoms with Crippen LogP contribution in [0.5, 0.6) is 0 Å². The van der Waals surface area contributed by atoms with Gasteiger partial charge >= 0.3 is 6.18 Å². The average Bonchev–Trinajstić information content (AvgIpc) is 3.23. The second kappa shape index (κ2) is 9.53. The van der Waals surface area contributed by atoms with Gasteiger partial charge in [0.25, 0.3) is 11.8 Å². The maximum atomic E-state index is 13.3. The molecule has 7 nitrogen and oxygen atoms in total. The standard InChI is InChI=1S/C27H21F3N4O3/c1-15-23-20(33-34-25(35)21-14-13-16-7-2-4-9-18(16)31-21)11-6-12-22(23)37-24(15)26(36)32-19-10-5-3-8-17(19)27(28,29)30/h2-5,7-10,13-14H,6,11-12H2,1H3,(H,32,36)(H,34,35)/b33-20+. The first-order valence-electron chi connectivity index (χ1n) is 11.6. The van der Waals surface area contributed by atoms with E-state index < -0.39 is 23.6 Å². The SMILES string of the molecule is Cc1c(C(=O)Nc2ccccc2C(F)(F)F)oc2c1/C(=N/NC(=O)c1ccc3ccccc3n1)CCC2. The Bertz CT molecular complexity index is 1560. The normalized spacial score (nSPS) is 14.4. The molecule has 0 unspecified atom stereocenters. The van der Waals surface area contributed by atoms with Crippen LogP contribution in [0, 0.1) is 6.92 Å². The third kappa shape index (κ3) is 4.82. The molecule has 2 heterocycles. The highest BCUT2D eigenvalue weighted by atomic mass is 19.4. The van der Waals surface area contributed by atoms with Gasteiger partial charge in [-0.3, -0.25) is 9.59 Å². The highest BCUT2D eigenvalue weighted by Crippen LogP contribution is 2.35. The fourth-order valence-electron chi connectivity index (χ4n) is 4.38. The fourth-order valence-corrected chi connectivity index (χ4v) is 4.38. The van der Waals surface area contributed by atoms with Gasteiger partial charge in [-0.15, -0.1) is 0 Å². The third-order valence-corrected chi connectivity index (χ3v) is 6.14. The van der Waals surface area contributed by atoms with Crippen molar-refractivity contribution in [1.29, 1.82) is 0 Å². The molecule has 0 saturated heterocycles. The van der Waals surface area contributed by atoms with E-state index in [9.17, 15) is 22.8 Å². The van der Waals surface area contributed by atoms with Crippen molar-refractivity contribution in [3.05, 3.63) is 94.6 Å². The summed E-state index contributed by atoms with van der Waals surface area (Å²) in [6.07, 6.45) is -2.90. The van der Waals surface area contributed by atoms with Crippen LogP contribution in [0.4, 0.5) is 18.9 Å². The molecule has 0 aliphatic heterocycles. The summed E-state index contributed by atoms with van der Waals surface area (Å²) in [6, 6.07) is 15.5. The highest BCUT2D eigenvalue weighted by Gasteiger charge is 2.34. The summed E-state index contributed by atoms with van der Waals surface area (Å²) in [6.45, 7) is 1.64. The van der Waals surface area contributed by atoms with Crippen LogP contribution in [0.1, 0.15) is 56.3 Å². The van der Waals surface area contributed by atoms with Gasteiger partial charge in [-0.2, -0.15) is 18.3 Å². The second-order valence-corrected chi connectivity index (χ2v) is 8.59. The number of para-hydroxylation sites is 2. The molecular formula is C27H21F3N4O3. The molecule has 0 saturated carbocycles. The average molecular weight is 506 g/mol. The zero-order valence-electron chi connectivity index (χ0n) is 19.6. The van der Waals surface area contributed by atoms with E-state index in [2.05, 4.69) is 20.8 Å². The zero-order chi connectivity index (χ0) is 26.2. The van der Waals surface area contributed by atoms with Crippen LogP contribution in [0.15, 0.2) is 70.2 Å². The Morgan fingerprint density at radius 2 is 1.73 bits per heavy atom. The molecule has 0 radical (unpaired) electrons. The number of fused-ring (bicyclic) bond motifs is 2. The van der Waals surface area contributed by atoms with Crippen LogP contribution >= 0.6 is 0 Å². The van der Waals surface area contributed by atoms with E-state index in [4.69, 9.17) is 4.42 Å². The summed E-state index contributed by atoms with van der Waals surface area (Å²) in [5.74, 6) is -0.894. The third-order valence-electron chi connectivity index (χ3n) is 6.14. The molecule has 37 heavy (non-hydrogen) atoms. The smallest absolute Gasteiger partial charge is 0.418 e. The number of hydrogen-bond acceptors (Lipinski definition) is 5. The predicted octanol–water partition coefficient (Wildman–Crippen LogP) is 5.88. The maximum Gasteiger partial charge on any atom is 0.418 e. The molecule has 0 atom stereocenters. The minimum Gasteiger partial charge on any atom is -0.455 e. The minimum absolute atomic E-state index is 0.0981. The van der Waals surface area contributed by atoms with Gasteiger partial charge in [0, 0.05) is 22.9 Å². The van der Waals surface area contributed by atoms with Crippen molar-refractivity contribution in [2.45, 2.75) is 32.4 Å². The van der Waals surface area contributed by atoms with Gasteiger partial charge in [0.2, 0.25) is 0 Å².